The molecule has 0 atom stereocenters. The van der Waals surface area contributed by atoms with Gasteiger partial charge in [0, 0.05) is 35.0 Å². The third kappa shape index (κ3) is 5.33. The predicted octanol–water partition coefficient (Wildman–Crippen LogP) is 5.19. The zero-order chi connectivity index (χ0) is 27.7. The Morgan fingerprint density at radius 3 is 2.26 bits per heavy atom. The molecule has 0 radical (unpaired) electrons. The van der Waals surface area contributed by atoms with Gasteiger partial charge in [0.15, 0.2) is 11.4 Å². The van der Waals surface area contributed by atoms with Crippen LogP contribution in [0.2, 0.25) is 0 Å². The SMILES string of the molecule is CC(=O)c1ccc(CNC(=O)c2ccc(-c3cnc4ccc(-c5cnc(N)c(C(F)(F)F)c5)nn34)cc2)cc1. The topological polar surface area (TPSA) is 115 Å². The van der Waals surface area contributed by atoms with Gasteiger partial charge in [-0.2, -0.15) is 18.3 Å². The lowest BCUT2D eigenvalue weighted by molar-refractivity contribution is -0.137. The number of nitrogens with two attached hydrogens (primary N) is 1. The van der Waals surface area contributed by atoms with Crippen molar-refractivity contribution in [2.75, 3.05) is 5.73 Å². The number of pyridine rings is 1. The van der Waals surface area contributed by atoms with Crippen molar-refractivity contribution < 1.29 is 22.8 Å². The van der Waals surface area contributed by atoms with Crippen molar-refractivity contribution >= 4 is 23.2 Å². The summed E-state index contributed by atoms with van der Waals surface area (Å²) in [4.78, 5) is 32.1. The molecule has 11 heteroatoms. The molecule has 0 aliphatic heterocycles. The number of imidazole rings is 1. The Morgan fingerprint density at radius 2 is 1.59 bits per heavy atom. The fraction of sp³-hybridized carbons (Fsp3) is 0.107. The number of halogens is 3. The van der Waals surface area contributed by atoms with Gasteiger partial charge in [-0.3, -0.25) is 9.59 Å². The molecular formula is C28H21F3N6O2. The first kappa shape index (κ1) is 25.6. The second-order valence-electron chi connectivity index (χ2n) is 8.80. The number of Topliss-reactive ketones (excluding diaryl/α,β-unsaturated/α-hetero) is 1. The van der Waals surface area contributed by atoms with Crippen molar-refractivity contribution in [3.8, 4) is 22.5 Å². The molecule has 1 amide bonds. The Balaban J connectivity index is 1.36. The van der Waals surface area contributed by atoms with Crippen molar-refractivity contribution in [1.29, 1.82) is 0 Å². The average molecular weight is 531 g/mol. The second-order valence-corrected chi connectivity index (χ2v) is 8.80. The third-order valence-corrected chi connectivity index (χ3v) is 6.14. The van der Waals surface area contributed by atoms with E-state index in [1.807, 2.05) is 0 Å². The van der Waals surface area contributed by atoms with E-state index in [2.05, 4.69) is 20.4 Å². The molecule has 8 nitrogen and oxygen atoms in total. The molecule has 0 spiro atoms. The van der Waals surface area contributed by atoms with E-state index in [9.17, 15) is 22.8 Å². The van der Waals surface area contributed by atoms with Crippen LogP contribution in [0, 0.1) is 0 Å². The molecule has 3 heterocycles. The number of rotatable bonds is 6. The number of amides is 1. The third-order valence-electron chi connectivity index (χ3n) is 6.14. The van der Waals surface area contributed by atoms with E-state index in [0.717, 1.165) is 11.6 Å². The summed E-state index contributed by atoms with van der Waals surface area (Å²) in [7, 11) is 0. The van der Waals surface area contributed by atoms with E-state index >= 15 is 0 Å². The monoisotopic (exact) mass is 530 g/mol. The number of carbonyl (C=O) groups is 2. The zero-order valence-corrected chi connectivity index (χ0v) is 20.5. The largest absolute Gasteiger partial charge is 0.419 e. The van der Waals surface area contributed by atoms with E-state index < -0.39 is 17.6 Å². The van der Waals surface area contributed by atoms with E-state index in [1.54, 1.807) is 66.9 Å². The number of fused-ring (bicyclic) bond motifs is 1. The summed E-state index contributed by atoms with van der Waals surface area (Å²) < 4.78 is 41.4. The van der Waals surface area contributed by atoms with Gasteiger partial charge in [0.25, 0.3) is 5.91 Å². The summed E-state index contributed by atoms with van der Waals surface area (Å²) in [6.07, 6.45) is -1.82. The van der Waals surface area contributed by atoms with E-state index in [4.69, 9.17) is 5.73 Å². The van der Waals surface area contributed by atoms with Crippen LogP contribution in [0.15, 0.2) is 79.1 Å². The molecule has 0 bridgehead atoms. The zero-order valence-electron chi connectivity index (χ0n) is 20.5. The maximum atomic E-state index is 13.3. The first-order valence-corrected chi connectivity index (χ1v) is 11.8. The van der Waals surface area contributed by atoms with Gasteiger partial charge >= 0.3 is 6.18 Å². The fourth-order valence-electron chi connectivity index (χ4n) is 4.00. The molecule has 2 aromatic carbocycles. The summed E-state index contributed by atoms with van der Waals surface area (Å²) in [5.74, 6) is -0.904. The number of hydrogen-bond donors (Lipinski definition) is 2. The number of alkyl halides is 3. The molecule has 5 aromatic rings. The highest BCUT2D eigenvalue weighted by Gasteiger charge is 2.34. The van der Waals surface area contributed by atoms with Crippen molar-refractivity contribution in [3.63, 3.8) is 0 Å². The highest BCUT2D eigenvalue weighted by Crippen LogP contribution is 2.35. The van der Waals surface area contributed by atoms with Crippen molar-refractivity contribution in [2.24, 2.45) is 0 Å². The van der Waals surface area contributed by atoms with Gasteiger partial charge in [-0.05, 0) is 42.8 Å². The van der Waals surface area contributed by atoms with Crippen LogP contribution in [-0.2, 0) is 12.7 Å². The molecule has 0 saturated carbocycles. The first-order chi connectivity index (χ1) is 18.6. The smallest absolute Gasteiger partial charge is 0.383 e. The van der Waals surface area contributed by atoms with Crippen molar-refractivity contribution in [3.05, 3.63) is 101 Å². The summed E-state index contributed by atoms with van der Waals surface area (Å²) in [6.45, 7) is 1.79. The Bertz CT molecular complexity index is 1690. The maximum absolute atomic E-state index is 13.3. The van der Waals surface area contributed by atoms with Crippen LogP contribution in [0.5, 0.6) is 0 Å². The van der Waals surface area contributed by atoms with Gasteiger partial charge in [0.1, 0.15) is 5.82 Å². The number of anilines is 1. The molecular weight excluding hydrogens is 509 g/mol. The van der Waals surface area contributed by atoms with E-state index in [1.165, 1.54) is 17.6 Å². The van der Waals surface area contributed by atoms with Crippen LogP contribution in [0.25, 0.3) is 28.2 Å². The van der Waals surface area contributed by atoms with Crippen LogP contribution >= 0.6 is 0 Å². The summed E-state index contributed by atoms with van der Waals surface area (Å²) >= 11 is 0. The number of ketones is 1. The Kier molecular flexibility index (Phi) is 6.57. The lowest BCUT2D eigenvalue weighted by Crippen LogP contribution is -2.22. The molecule has 39 heavy (non-hydrogen) atoms. The molecule has 5 rings (SSSR count). The van der Waals surface area contributed by atoms with Crippen molar-refractivity contribution in [2.45, 2.75) is 19.6 Å². The molecule has 3 aromatic heterocycles. The minimum atomic E-state index is -4.65. The molecule has 0 saturated heterocycles. The number of nitrogens with one attached hydrogen (secondary N) is 1. The Hall–Kier alpha value is -5.06. The summed E-state index contributed by atoms with van der Waals surface area (Å²) in [6, 6.07) is 17.9. The van der Waals surface area contributed by atoms with Gasteiger partial charge < -0.3 is 11.1 Å². The van der Waals surface area contributed by atoms with Gasteiger partial charge in [0.2, 0.25) is 0 Å². The van der Waals surface area contributed by atoms with Gasteiger partial charge in [-0.25, -0.2) is 14.5 Å². The predicted molar refractivity (Wildman–Crippen MR) is 139 cm³/mol. The van der Waals surface area contributed by atoms with Gasteiger partial charge in [-0.1, -0.05) is 36.4 Å². The molecule has 3 N–H and O–H groups in total. The number of nitrogens with zero attached hydrogens (tertiary/aromatic N) is 4. The Labute approximate surface area is 220 Å². The first-order valence-electron chi connectivity index (χ1n) is 11.8. The van der Waals surface area contributed by atoms with Gasteiger partial charge in [-0.15, -0.1) is 0 Å². The van der Waals surface area contributed by atoms with Gasteiger partial charge in [0.05, 0.1) is 23.1 Å². The minimum absolute atomic E-state index is 0.0269. The van der Waals surface area contributed by atoms with E-state index in [0.29, 0.717) is 34.6 Å². The lowest BCUT2D eigenvalue weighted by atomic mass is 10.1. The molecule has 0 unspecified atom stereocenters. The number of carbonyl (C=O) groups excluding carboxylic acids is 2. The molecule has 0 fully saturated rings. The number of hydrogen-bond acceptors (Lipinski definition) is 6. The van der Waals surface area contributed by atoms with Crippen LogP contribution in [0.4, 0.5) is 19.0 Å². The van der Waals surface area contributed by atoms with Crippen LogP contribution in [0.1, 0.15) is 38.8 Å². The molecule has 196 valence electrons. The highest BCUT2D eigenvalue weighted by atomic mass is 19.4. The fourth-order valence-corrected chi connectivity index (χ4v) is 4.00. The molecule has 0 aliphatic rings. The normalized spacial score (nSPS) is 11.5. The average Bonchev–Trinajstić information content (AvgIpc) is 3.35. The Morgan fingerprint density at radius 1 is 0.897 bits per heavy atom. The molecule has 0 aliphatic carbocycles. The quantitative estimate of drug-likeness (QED) is 0.292. The van der Waals surface area contributed by atoms with Crippen LogP contribution < -0.4 is 11.1 Å². The van der Waals surface area contributed by atoms with Crippen LogP contribution in [0.3, 0.4) is 0 Å². The second kappa shape index (κ2) is 10.0. The van der Waals surface area contributed by atoms with Crippen molar-refractivity contribution in [1.82, 2.24) is 24.9 Å². The minimum Gasteiger partial charge on any atom is -0.383 e. The lowest BCUT2D eigenvalue weighted by Gasteiger charge is -2.11. The van der Waals surface area contributed by atoms with E-state index in [-0.39, 0.29) is 22.9 Å². The number of benzene rings is 2. The number of nitrogen functional groups attached to an aromatic ring is 1. The maximum Gasteiger partial charge on any atom is 0.419 e. The summed E-state index contributed by atoms with van der Waals surface area (Å²) in [5, 5.41) is 7.32. The van der Waals surface area contributed by atoms with Crippen LogP contribution in [-0.4, -0.2) is 31.3 Å². The standard InChI is InChI=1S/C28H21F3N6O2/c1-16(38)18-4-2-17(3-5-18)13-35-27(39)20-8-6-19(7-9-20)24-15-33-25-11-10-23(36-37(24)25)21-12-22(28(29,30)31)26(32)34-14-21/h2-12,14-15H,13H2,1H3,(H2,32,34)(H,35,39). The number of aromatic nitrogens is 4. The highest BCUT2D eigenvalue weighted by molar-refractivity contribution is 5.95. The summed E-state index contributed by atoms with van der Waals surface area (Å²) in [5.41, 5.74) is 8.48.